The Labute approximate surface area is 112 Å². The molecule has 18 heavy (non-hydrogen) atoms. The summed E-state index contributed by atoms with van der Waals surface area (Å²) in [7, 11) is 3.17. The normalized spacial score (nSPS) is 12.0. The molecule has 5 heteroatoms. The van der Waals surface area contributed by atoms with Crippen molar-refractivity contribution in [2.45, 2.75) is 19.4 Å². The highest BCUT2D eigenvalue weighted by molar-refractivity contribution is 6.30. The van der Waals surface area contributed by atoms with Crippen LogP contribution in [0.3, 0.4) is 0 Å². The number of halogens is 1. The molecular formula is C13H18ClNO3. The lowest BCUT2D eigenvalue weighted by Crippen LogP contribution is -2.36. The van der Waals surface area contributed by atoms with Gasteiger partial charge in [0.05, 0.1) is 20.1 Å². The fraction of sp³-hybridized carbons (Fsp3) is 0.462. The number of hydrogen-bond acceptors (Lipinski definition) is 3. The highest BCUT2D eigenvalue weighted by atomic mass is 35.5. The predicted octanol–water partition coefficient (Wildman–Crippen LogP) is 2.04. The van der Waals surface area contributed by atoms with E-state index in [9.17, 15) is 4.79 Å². The molecule has 1 atom stereocenters. The van der Waals surface area contributed by atoms with Gasteiger partial charge in [0.2, 0.25) is 5.91 Å². The summed E-state index contributed by atoms with van der Waals surface area (Å²) >= 11 is 5.91. The molecule has 1 aromatic carbocycles. The molecule has 0 aromatic heterocycles. The summed E-state index contributed by atoms with van der Waals surface area (Å²) in [6.45, 7) is 2.37. The minimum Gasteiger partial charge on any atom is -0.496 e. The van der Waals surface area contributed by atoms with Gasteiger partial charge >= 0.3 is 0 Å². The third-order valence-electron chi connectivity index (χ3n) is 2.42. The largest absolute Gasteiger partial charge is 0.496 e. The summed E-state index contributed by atoms with van der Waals surface area (Å²) in [5.74, 6) is 0.578. The van der Waals surface area contributed by atoms with Gasteiger partial charge in [0.15, 0.2) is 0 Å². The smallest absolute Gasteiger partial charge is 0.224 e. The van der Waals surface area contributed by atoms with Gasteiger partial charge in [-0.25, -0.2) is 0 Å². The van der Waals surface area contributed by atoms with E-state index in [4.69, 9.17) is 21.1 Å². The first-order valence-corrected chi connectivity index (χ1v) is 6.05. The van der Waals surface area contributed by atoms with Crippen LogP contribution < -0.4 is 10.1 Å². The van der Waals surface area contributed by atoms with Gasteiger partial charge in [-0.05, 0) is 25.1 Å². The van der Waals surface area contributed by atoms with Crippen LogP contribution in [0.2, 0.25) is 5.02 Å². The van der Waals surface area contributed by atoms with Crippen molar-refractivity contribution in [3.05, 3.63) is 28.8 Å². The van der Waals surface area contributed by atoms with Gasteiger partial charge in [0, 0.05) is 23.7 Å². The SMILES string of the molecule is COCC(C)NC(=O)Cc1cc(Cl)ccc1OC. The second kappa shape index (κ2) is 7.24. The van der Waals surface area contributed by atoms with Crippen molar-refractivity contribution in [3.8, 4) is 5.75 Å². The van der Waals surface area contributed by atoms with Crippen LogP contribution in [0.4, 0.5) is 0 Å². The minimum absolute atomic E-state index is 0.0207. The van der Waals surface area contributed by atoms with Crippen molar-refractivity contribution in [1.29, 1.82) is 0 Å². The Hall–Kier alpha value is -1.26. The molecule has 0 aliphatic rings. The average Bonchev–Trinajstić information content (AvgIpc) is 2.29. The van der Waals surface area contributed by atoms with Gasteiger partial charge in [-0.3, -0.25) is 4.79 Å². The first-order chi connectivity index (χ1) is 8.56. The van der Waals surface area contributed by atoms with Crippen LogP contribution in [0.5, 0.6) is 5.75 Å². The van der Waals surface area contributed by atoms with E-state index >= 15 is 0 Å². The van der Waals surface area contributed by atoms with E-state index in [-0.39, 0.29) is 18.4 Å². The molecule has 1 rings (SSSR count). The monoisotopic (exact) mass is 271 g/mol. The molecule has 4 nitrogen and oxygen atoms in total. The van der Waals surface area contributed by atoms with Crippen LogP contribution in [0.25, 0.3) is 0 Å². The molecule has 0 saturated carbocycles. The number of ether oxygens (including phenoxy) is 2. The van der Waals surface area contributed by atoms with Crippen molar-refractivity contribution < 1.29 is 14.3 Å². The summed E-state index contributed by atoms with van der Waals surface area (Å²) in [5, 5.41) is 3.42. The van der Waals surface area contributed by atoms with E-state index in [1.165, 1.54) is 0 Å². The first-order valence-electron chi connectivity index (χ1n) is 5.67. The molecule has 0 fully saturated rings. The molecule has 0 bridgehead atoms. The Morgan fingerprint density at radius 1 is 1.44 bits per heavy atom. The topological polar surface area (TPSA) is 47.6 Å². The molecule has 1 amide bonds. The van der Waals surface area contributed by atoms with Crippen LogP contribution in [0.1, 0.15) is 12.5 Å². The number of hydrogen-bond donors (Lipinski definition) is 1. The fourth-order valence-corrected chi connectivity index (χ4v) is 1.87. The third-order valence-corrected chi connectivity index (χ3v) is 2.65. The average molecular weight is 272 g/mol. The van der Waals surface area contributed by atoms with Gasteiger partial charge in [-0.2, -0.15) is 0 Å². The van der Waals surface area contributed by atoms with E-state index in [1.807, 2.05) is 6.92 Å². The molecule has 1 unspecified atom stereocenters. The second-order valence-corrected chi connectivity index (χ2v) is 4.49. The number of rotatable bonds is 6. The van der Waals surface area contributed by atoms with Crippen molar-refractivity contribution in [1.82, 2.24) is 5.32 Å². The van der Waals surface area contributed by atoms with Crippen LogP contribution in [-0.4, -0.2) is 32.8 Å². The molecule has 0 radical (unpaired) electrons. The van der Waals surface area contributed by atoms with E-state index in [0.717, 1.165) is 5.56 Å². The van der Waals surface area contributed by atoms with E-state index in [2.05, 4.69) is 5.32 Å². The van der Waals surface area contributed by atoms with Gasteiger partial charge in [0.1, 0.15) is 5.75 Å². The van der Waals surface area contributed by atoms with Crippen molar-refractivity contribution in [2.75, 3.05) is 20.8 Å². The maximum Gasteiger partial charge on any atom is 0.224 e. The number of amides is 1. The van der Waals surface area contributed by atoms with E-state index in [0.29, 0.717) is 17.4 Å². The third kappa shape index (κ3) is 4.55. The highest BCUT2D eigenvalue weighted by Crippen LogP contribution is 2.22. The van der Waals surface area contributed by atoms with Gasteiger partial charge in [0.25, 0.3) is 0 Å². The highest BCUT2D eigenvalue weighted by Gasteiger charge is 2.11. The summed E-state index contributed by atoms with van der Waals surface area (Å²) < 4.78 is 10.1. The fourth-order valence-electron chi connectivity index (χ4n) is 1.68. The molecule has 0 aliphatic heterocycles. The number of benzene rings is 1. The summed E-state index contributed by atoms with van der Waals surface area (Å²) in [5.41, 5.74) is 0.770. The Balaban J connectivity index is 2.66. The lowest BCUT2D eigenvalue weighted by Gasteiger charge is -2.14. The summed E-state index contributed by atoms with van der Waals surface area (Å²) in [6, 6.07) is 5.20. The number of carbonyl (C=O) groups excluding carboxylic acids is 1. The van der Waals surface area contributed by atoms with Crippen molar-refractivity contribution >= 4 is 17.5 Å². The van der Waals surface area contributed by atoms with Crippen LogP contribution >= 0.6 is 11.6 Å². The molecule has 1 aromatic rings. The Morgan fingerprint density at radius 3 is 2.78 bits per heavy atom. The van der Waals surface area contributed by atoms with Crippen LogP contribution in [-0.2, 0) is 16.0 Å². The Morgan fingerprint density at radius 2 is 2.17 bits per heavy atom. The number of methoxy groups -OCH3 is 2. The standard InChI is InChI=1S/C13H18ClNO3/c1-9(8-17-2)15-13(16)7-10-6-11(14)4-5-12(10)18-3/h4-6,9H,7-8H2,1-3H3,(H,15,16). The van der Waals surface area contributed by atoms with Gasteiger partial charge in [-0.1, -0.05) is 11.6 Å². The number of nitrogens with one attached hydrogen (secondary N) is 1. The molecule has 0 heterocycles. The zero-order valence-corrected chi connectivity index (χ0v) is 11.6. The first kappa shape index (κ1) is 14.8. The molecule has 100 valence electrons. The summed E-state index contributed by atoms with van der Waals surface area (Å²) in [4.78, 5) is 11.8. The molecule has 0 aliphatic carbocycles. The lowest BCUT2D eigenvalue weighted by molar-refractivity contribution is -0.121. The lowest BCUT2D eigenvalue weighted by atomic mass is 10.1. The maximum absolute atomic E-state index is 11.8. The summed E-state index contributed by atoms with van der Waals surface area (Å²) in [6.07, 6.45) is 0.234. The molecule has 1 N–H and O–H groups in total. The zero-order valence-electron chi connectivity index (χ0n) is 10.8. The predicted molar refractivity (Wildman–Crippen MR) is 71.2 cm³/mol. The number of carbonyl (C=O) groups is 1. The second-order valence-electron chi connectivity index (χ2n) is 4.06. The maximum atomic E-state index is 11.8. The Bertz CT molecular complexity index is 409. The van der Waals surface area contributed by atoms with E-state index in [1.54, 1.807) is 32.4 Å². The molecular weight excluding hydrogens is 254 g/mol. The van der Waals surface area contributed by atoms with Crippen molar-refractivity contribution in [3.63, 3.8) is 0 Å². The van der Waals surface area contributed by atoms with Gasteiger partial charge < -0.3 is 14.8 Å². The van der Waals surface area contributed by atoms with Crippen LogP contribution in [0, 0.1) is 0 Å². The molecule has 0 spiro atoms. The van der Waals surface area contributed by atoms with Crippen LogP contribution in [0.15, 0.2) is 18.2 Å². The zero-order chi connectivity index (χ0) is 13.5. The quantitative estimate of drug-likeness (QED) is 0.861. The minimum atomic E-state index is -0.0832. The van der Waals surface area contributed by atoms with E-state index < -0.39 is 0 Å². The Kier molecular flexibility index (Phi) is 5.95. The molecule has 0 saturated heterocycles. The van der Waals surface area contributed by atoms with Gasteiger partial charge in [-0.15, -0.1) is 0 Å². The van der Waals surface area contributed by atoms with Crippen molar-refractivity contribution in [2.24, 2.45) is 0 Å².